The lowest BCUT2D eigenvalue weighted by Gasteiger charge is -2.09. The minimum Gasteiger partial charge on any atom is -0.494 e. The highest BCUT2D eigenvalue weighted by Crippen LogP contribution is 2.30. The van der Waals surface area contributed by atoms with E-state index in [9.17, 15) is 4.79 Å². The van der Waals surface area contributed by atoms with Gasteiger partial charge in [-0.15, -0.1) is 5.10 Å². The molecule has 6 aromatic rings. The highest BCUT2D eigenvalue weighted by Gasteiger charge is 2.16. The van der Waals surface area contributed by atoms with E-state index < -0.39 is 0 Å². The molecule has 3 aromatic heterocycles. The van der Waals surface area contributed by atoms with Gasteiger partial charge in [-0.1, -0.05) is 79.3 Å². The largest absolute Gasteiger partial charge is 0.494 e. The number of benzene rings is 3. The number of ether oxygens (including phenoxy) is 1. The lowest BCUT2D eigenvalue weighted by molar-refractivity contribution is 0.309. The van der Waals surface area contributed by atoms with E-state index in [1.54, 1.807) is 0 Å². The minimum atomic E-state index is -0.202. The molecule has 0 saturated heterocycles. The summed E-state index contributed by atoms with van der Waals surface area (Å²) in [5, 5.41) is 9.39. The summed E-state index contributed by atoms with van der Waals surface area (Å²) in [5.74, 6) is 1.34. The molecular formula is C33H29N5O2S. The van der Waals surface area contributed by atoms with Crippen molar-refractivity contribution in [3.63, 3.8) is 0 Å². The zero-order chi connectivity index (χ0) is 28.2. The SMILES string of the molecule is CCCCOc1ccc(-c2nn(-c3ccccc3)cc2/C=c2\sc3nc(/C=C/c4ccccc4)nn3c2=O)c(C)c1. The van der Waals surface area contributed by atoms with E-state index in [2.05, 4.69) is 23.9 Å². The van der Waals surface area contributed by atoms with Crippen molar-refractivity contribution in [3.8, 4) is 22.7 Å². The molecule has 0 spiro atoms. The highest BCUT2D eigenvalue weighted by atomic mass is 32.1. The van der Waals surface area contributed by atoms with Crippen molar-refractivity contribution in [1.82, 2.24) is 24.4 Å². The van der Waals surface area contributed by atoms with Crippen molar-refractivity contribution >= 4 is 34.5 Å². The molecule has 3 aromatic carbocycles. The van der Waals surface area contributed by atoms with Crippen LogP contribution in [0.5, 0.6) is 5.75 Å². The molecule has 41 heavy (non-hydrogen) atoms. The molecule has 8 heteroatoms. The molecule has 0 aliphatic rings. The number of aromatic nitrogens is 5. The smallest absolute Gasteiger partial charge is 0.291 e. The predicted octanol–water partition coefficient (Wildman–Crippen LogP) is 6.21. The second-order valence-electron chi connectivity index (χ2n) is 9.72. The van der Waals surface area contributed by atoms with Crippen LogP contribution in [0, 0.1) is 6.92 Å². The van der Waals surface area contributed by atoms with E-state index in [-0.39, 0.29) is 5.56 Å². The Kier molecular flexibility index (Phi) is 7.56. The second kappa shape index (κ2) is 11.7. The number of para-hydroxylation sites is 1. The minimum absolute atomic E-state index is 0.202. The highest BCUT2D eigenvalue weighted by molar-refractivity contribution is 7.15. The molecule has 0 aliphatic carbocycles. The number of unbranched alkanes of at least 4 members (excludes halogenated alkanes) is 1. The van der Waals surface area contributed by atoms with Crippen LogP contribution >= 0.6 is 11.3 Å². The summed E-state index contributed by atoms with van der Waals surface area (Å²) in [6.45, 7) is 4.90. The summed E-state index contributed by atoms with van der Waals surface area (Å²) in [6.07, 6.45) is 9.70. The van der Waals surface area contributed by atoms with E-state index in [0.717, 1.165) is 52.2 Å². The van der Waals surface area contributed by atoms with Gasteiger partial charge in [-0.25, -0.2) is 4.68 Å². The zero-order valence-electron chi connectivity index (χ0n) is 22.9. The molecule has 204 valence electrons. The van der Waals surface area contributed by atoms with Crippen molar-refractivity contribution in [3.05, 3.63) is 122 Å². The first-order valence-corrected chi connectivity index (χ1v) is 14.4. The van der Waals surface area contributed by atoms with Crippen molar-refractivity contribution in [2.24, 2.45) is 0 Å². The Labute approximate surface area is 241 Å². The molecule has 0 bridgehead atoms. The van der Waals surface area contributed by atoms with Gasteiger partial charge in [0.05, 0.1) is 16.8 Å². The summed E-state index contributed by atoms with van der Waals surface area (Å²) < 4.78 is 9.68. The Bertz CT molecular complexity index is 1940. The number of aryl methyl sites for hydroxylation is 1. The van der Waals surface area contributed by atoms with Gasteiger partial charge in [0.25, 0.3) is 5.56 Å². The van der Waals surface area contributed by atoms with E-state index in [0.29, 0.717) is 21.9 Å². The third-order valence-electron chi connectivity index (χ3n) is 6.69. The van der Waals surface area contributed by atoms with Gasteiger partial charge in [-0.2, -0.15) is 14.6 Å². The van der Waals surface area contributed by atoms with E-state index in [4.69, 9.17) is 9.84 Å². The fourth-order valence-corrected chi connectivity index (χ4v) is 5.44. The number of thiazole rings is 1. The van der Waals surface area contributed by atoms with Gasteiger partial charge in [-0.3, -0.25) is 4.79 Å². The predicted molar refractivity (Wildman–Crippen MR) is 165 cm³/mol. The Morgan fingerprint density at radius 3 is 2.46 bits per heavy atom. The molecule has 0 fully saturated rings. The summed E-state index contributed by atoms with van der Waals surface area (Å²) in [5.41, 5.74) is 5.43. The van der Waals surface area contributed by atoms with E-state index in [1.807, 2.05) is 108 Å². The number of hydrogen-bond acceptors (Lipinski definition) is 6. The molecule has 6 rings (SSSR count). The second-order valence-corrected chi connectivity index (χ2v) is 10.7. The van der Waals surface area contributed by atoms with Crippen molar-refractivity contribution in [1.29, 1.82) is 0 Å². The Hall–Kier alpha value is -4.82. The lowest BCUT2D eigenvalue weighted by Crippen LogP contribution is -2.23. The number of hydrogen-bond donors (Lipinski definition) is 0. The molecule has 0 amide bonds. The third kappa shape index (κ3) is 5.73. The molecule has 0 N–H and O–H groups in total. The van der Waals surface area contributed by atoms with Gasteiger partial charge >= 0.3 is 0 Å². The van der Waals surface area contributed by atoms with Gasteiger partial charge in [0.1, 0.15) is 11.4 Å². The normalized spacial score (nSPS) is 12.1. The molecular weight excluding hydrogens is 530 g/mol. The van der Waals surface area contributed by atoms with Gasteiger partial charge in [0, 0.05) is 17.3 Å². The monoisotopic (exact) mass is 559 g/mol. The van der Waals surface area contributed by atoms with Crippen LogP contribution in [-0.4, -0.2) is 31.0 Å². The first-order valence-electron chi connectivity index (χ1n) is 13.6. The lowest BCUT2D eigenvalue weighted by atomic mass is 10.0. The summed E-state index contributed by atoms with van der Waals surface area (Å²) in [4.78, 5) is 18.5. The van der Waals surface area contributed by atoms with Crippen LogP contribution in [0.25, 0.3) is 40.1 Å². The van der Waals surface area contributed by atoms with Gasteiger partial charge in [0.2, 0.25) is 4.96 Å². The van der Waals surface area contributed by atoms with Crippen LogP contribution in [0.4, 0.5) is 0 Å². The number of fused-ring (bicyclic) bond motifs is 1. The average Bonchev–Trinajstić information content (AvgIpc) is 3.68. The maximum absolute atomic E-state index is 13.4. The average molecular weight is 560 g/mol. The van der Waals surface area contributed by atoms with Crippen LogP contribution in [0.1, 0.15) is 42.3 Å². The van der Waals surface area contributed by atoms with Crippen LogP contribution < -0.4 is 14.8 Å². The van der Waals surface area contributed by atoms with Crippen LogP contribution in [0.3, 0.4) is 0 Å². The van der Waals surface area contributed by atoms with Gasteiger partial charge < -0.3 is 4.74 Å². The third-order valence-corrected chi connectivity index (χ3v) is 7.65. The summed E-state index contributed by atoms with van der Waals surface area (Å²) in [6, 6.07) is 25.9. The summed E-state index contributed by atoms with van der Waals surface area (Å²) in [7, 11) is 0. The van der Waals surface area contributed by atoms with Crippen LogP contribution in [-0.2, 0) is 0 Å². The first-order chi connectivity index (χ1) is 20.1. The van der Waals surface area contributed by atoms with E-state index >= 15 is 0 Å². The number of nitrogens with zero attached hydrogens (tertiary/aromatic N) is 5. The van der Waals surface area contributed by atoms with E-state index in [1.165, 1.54) is 15.9 Å². The molecule has 0 unspecified atom stereocenters. The molecule has 0 radical (unpaired) electrons. The molecule has 0 aliphatic heterocycles. The Morgan fingerprint density at radius 1 is 0.951 bits per heavy atom. The Morgan fingerprint density at radius 2 is 1.73 bits per heavy atom. The topological polar surface area (TPSA) is 74.3 Å². The number of rotatable bonds is 9. The molecule has 3 heterocycles. The fraction of sp³-hybridized carbons (Fsp3) is 0.152. The van der Waals surface area contributed by atoms with Crippen molar-refractivity contribution in [2.45, 2.75) is 26.7 Å². The molecule has 0 saturated carbocycles. The maximum Gasteiger partial charge on any atom is 0.291 e. The maximum atomic E-state index is 13.4. The molecule has 0 atom stereocenters. The standard InChI is InChI=1S/C33H29N5O2S/c1-3-4-19-40-27-16-17-28(23(2)20-27)31-25(22-37(36-31)26-13-9-6-10-14-26)21-29-32(39)38-33(41-29)34-30(35-38)18-15-24-11-7-5-8-12-24/h5-18,20-22H,3-4,19H2,1-2H3/b18-15+,29-21-. The first kappa shape index (κ1) is 26.4. The quantitative estimate of drug-likeness (QED) is 0.197. The fourth-order valence-electron chi connectivity index (χ4n) is 4.54. The van der Waals surface area contributed by atoms with Crippen LogP contribution in [0.2, 0.25) is 0 Å². The zero-order valence-corrected chi connectivity index (χ0v) is 23.7. The van der Waals surface area contributed by atoms with Crippen molar-refractivity contribution < 1.29 is 4.74 Å². The Balaban J connectivity index is 1.39. The van der Waals surface area contributed by atoms with Gasteiger partial charge in [-0.05, 0) is 67.0 Å². The van der Waals surface area contributed by atoms with Crippen LogP contribution in [0.15, 0.2) is 89.9 Å². The molecule has 7 nitrogen and oxygen atoms in total. The van der Waals surface area contributed by atoms with Gasteiger partial charge in [0.15, 0.2) is 5.82 Å². The summed E-state index contributed by atoms with van der Waals surface area (Å²) >= 11 is 1.32. The van der Waals surface area contributed by atoms with Crippen molar-refractivity contribution in [2.75, 3.05) is 6.61 Å².